The molecular formula is C20H18N4O2. The Morgan fingerprint density at radius 1 is 1.08 bits per heavy atom. The molecule has 1 atom stereocenters. The average Bonchev–Trinajstić information content (AvgIpc) is 3.12. The van der Waals surface area contributed by atoms with Crippen LogP contribution in [-0.4, -0.2) is 27.5 Å². The van der Waals surface area contributed by atoms with Gasteiger partial charge in [-0.3, -0.25) is 9.20 Å². The summed E-state index contributed by atoms with van der Waals surface area (Å²) in [5, 5.41) is 0. The minimum atomic E-state index is -0.0606. The Bertz CT molecular complexity index is 1110. The van der Waals surface area contributed by atoms with Crippen molar-refractivity contribution in [1.82, 2.24) is 14.4 Å². The number of nitrogens with zero attached hydrogens (tertiary/aromatic N) is 4. The number of anilines is 1. The molecule has 5 rings (SSSR count). The molecule has 0 amide bonds. The van der Waals surface area contributed by atoms with E-state index >= 15 is 0 Å². The lowest BCUT2D eigenvalue weighted by Gasteiger charge is -2.32. The van der Waals surface area contributed by atoms with E-state index in [4.69, 9.17) is 4.42 Å². The number of benzene rings is 1. The third kappa shape index (κ3) is 2.54. The van der Waals surface area contributed by atoms with Gasteiger partial charge in [0.1, 0.15) is 17.0 Å². The first-order chi connectivity index (χ1) is 12.8. The Hall–Kier alpha value is -3.15. The highest BCUT2D eigenvalue weighted by Crippen LogP contribution is 2.30. The van der Waals surface area contributed by atoms with Crippen molar-refractivity contribution >= 4 is 22.6 Å². The number of aromatic nitrogens is 3. The highest BCUT2D eigenvalue weighted by Gasteiger charge is 2.26. The summed E-state index contributed by atoms with van der Waals surface area (Å²) in [5.74, 6) is 1.70. The molecule has 0 N–H and O–H groups in total. The van der Waals surface area contributed by atoms with E-state index in [-0.39, 0.29) is 11.5 Å². The van der Waals surface area contributed by atoms with Crippen LogP contribution in [0.15, 0.2) is 63.9 Å². The van der Waals surface area contributed by atoms with Crippen molar-refractivity contribution in [3.05, 3.63) is 71.0 Å². The van der Waals surface area contributed by atoms with Crippen LogP contribution >= 0.6 is 0 Å². The third-order valence-corrected chi connectivity index (χ3v) is 4.96. The lowest BCUT2D eigenvalue weighted by molar-refractivity contribution is 0.412. The van der Waals surface area contributed by atoms with Gasteiger partial charge in [0.2, 0.25) is 0 Å². The van der Waals surface area contributed by atoms with Crippen molar-refractivity contribution in [3.63, 3.8) is 0 Å². The molecule has 0 bridgehead atoms. The van der Waals surface area contributed by atoms with Gasteiger partial charge in [0, 0.05) is 25.4 Å². The van der Waals surface area contributed by atoms with Crippen molar-refractivity contribution in [2.75, 3.05) is 18.0 Å². The highest BCUT2D eigenvalue weighted by molar-refractivity contribution is 5.72. The lowest BCUT2D eigenvalue weighted by Crippen LogP contribution is -2.36. The van der Waals surface area contributed by atoms with Gasteiger partial charge in [0.15, 0.2) is 11.5 Å². The maximum absolute atomic E-state index is 12.4. The fourth-order valence-corrected chi connectivity index (χ4v) is 3.65. The van der Waals surface area contributed by atoms with Gasteiger partial charge in [-0.15, -0.1) is 0 Å². The van der Waals surface area contributed by atoms with E-state index in [0.717, 1.165) is 48.7 Å². The minimum absolute atomic E-state index is 0.0606. The number of pyridine rings is 1. The summed E-state index contributed by atoms with van der Waals surface area (Å²) in [4.78, 5) is 23.9. The normalized spacial score (nSPS) is 17.8. The first kappa shape index (κ1) is 15.1. The van der Waals surface area contributed by atoms with Crippen molar-refractivity contribution in [2.24, 2.45) is 0 Å². The van der Waals surface area contributed by atoms with Crippen LogP contribution in [0.2, 0.25) is 0 Å². The van der Waals surface area contributed by atoms with Crippen LogP contribution in [0.3, 0.4) is 0 Å². The van der Waals surface area contributed by atoms with Crippen LogP contribution in [0.1, 0.15) is 24.7 Å². The molecule has 1 unspecified atom stereocenters. The van der Waals surface area contributed by atoms with E-state index in [1.54, 1.807) is 16.7 Å². The number of fused-ring (bicyclic) bond motifs is 2. The topological polar surface area (TPSA) is 63.6 Å². The second kappa shape index (κ2) is 5.98. The van der Waals surface area contributed by atoms with Crippen LogP contribution in [-0.2, 0) is 0 Å². The van der Waals surface area contributed by atoms with Crippen LogP contribution in [0.4, 0.5) is 5.82 Å². The molecule has 4 aromatic rings. The molecule has 4 heterocycles. The summed E-state index contributed by atoms with van der Waals surface area (Å²) >= 11 is 0. The van der Waals surface area contributed by atoms with Gasteiger partial charge in [0.05, 0.1) is 5.92 Å². The zero-order chi connectivity index (χ0) is 17.5. The number of hydrogen-bond donors (Lipinski definition) is 0. The molecular weight excluding hydrogens is 328 g/mol. The summed E-state index contributed by atoms with van der Waals surface area (Å²) in [6, 6.07) is 15.0. The molecule has 0 radical (unpaired) electrons. The second-order valence-corrected chi connectivity index (χ2v) is 6.69. The van der Waals surface area contributed by atoms with Gasteiger partial charge in [0.25, 0.3) is 5.56 Å². The predicted molar refractivity (Wildman–Crippen MR) is 99.7 cm³/mol. The molecule has 0 saturated carbocycles. The Balaban J connectivity index is 1.48. The minimum Gasteiger partial charge on any atom is -0.440 e. The summed E-state index contributed by atoms with van der Waals surface area (Å²) < 4.78 is 7.52. The van der Waals surface area contributed by atoms with Gasteiger partial charge in [-0.05, 0) is 37.1 Å². The smallest absolute Gasteiger partial charge is 0.259 e. The van der Waals surface area contributed by atoms with Gasteiger partial charge in [-0.1, -0.05) is 18.2 Å². The standard InChI is InChI=1S/C20H18N4O2/c25-19-12-18(22-17-9-3-4-11-24(17)19)23-10-5-6-14(13-23)20-21-15-7-1-2-8-16(15)26-20/h1-4,7-9,11-12,14H,5-6,10,13H2. The lowest BCUT2D eigenvalue weighted by atomic mass is 9.98. The molecule has 1 saturated heterocycles. The first-order valence-corrected chi connectivity index (χ1v) is 8.87. The zero-order valence-corrected chi connectivity index (χ0v) is 14.2. The fourth-order valence-electron chi connectivity index (χ4n) is 3.65. The molecule has 1 aromatic carbocycles. The first-order valence-electron chi connectivity index (χ1n) is 8.87. The largest absolute Gasteiger partial charge is 0.440 e. The van der Waals surface area contributed by atoms with E-state index in [2.05, 4.69) is 14.9 Å². The molecule has 130 valence electrons. The van der Waals surface area contributed by atoms with Gasteiger partial charge in [-0.25, -0.2) is 9.97 Å². The van der Waals surface area contributed by atoms with Crippen LogP contribution < -0.4 is 10.5 Å². The Morgan fingerprint density at radius 3 is 2.88 bits per heavy atom. The molecule has 3 aromatic heterocycles. The van der Waals surface area contributed by atoms with Crippen LogP contribution in [0.5, 0.6) is 0 Å². The average molecular weight is 346 g/mol. The molecule has 1 aliphatic rings. The van der Waals surface area contributed by atoms with Gasteiger partial charge >= 0.3 is 0 Å². The zero-order valence-electron chi connectivity index (χ0n) is 14.2. The van der Waals surface area contributed by atoms with Crippen molar-refractivity contribution in [3.8, 4) is 0 Å². The number of rotatable bonds is 2. The van der Waals surface area contributed by atoms with E-state index in [1.165, 1.54) is 0 Å². The molecule has 26 heavy (non-hydrogen) atoms. The van der Waals surface area contributed by atoms with E-state index < -0.39 is 0 Å². The van der Waals surface area contributed by atoms with Crippen molar-refractivity contribution in [2.45, 2.75) is 18.8 Å². The molecule has 1 fully saturated rings. The highest BCUT2D eigenvalue weighted by atomic mass is 16.3. The molecule has 0 spiro atoms. The van der Waals surface area contributed by atoms with Gasteiger partial charge < -0.3 is 9.32 Å². The summed E-state index contributed by atoms with van der Waals surface area (Å²) in [6.45, 7) is 1.63. The maximum atomic E-state index is 12.4. The molecule has 6 heteroatoms. The fraction of sp³-hybridized carbons (Fsp3) is 0.250. The number of oxazole rings is 1. The molecule has 0 aliphatic carbocycles. The van der Waals surface area contributed by atoms with Crippen LogP contribution in [0, 0.1) is 0 Å². The second-order valence-electron chi connectivity index (χ2n) is 6.69. The van der Waals surface area contributed by atoms with Crippen molar-refractivity contribution < 1.29 is 4.42 Å². The summed E-state index contributed by atoms with van der Waals surface area (Å²) in [7, 11) is 0. The predicted octanol–water partition coefficient (Wildman–Crippen LogP) is 3.22. The van der Waals surface area contributed by atoms with Crippen molar-refractivity contribution in [1.29, 1.82) is 0 Å². The Labute approximate surface area is 149 Å². The number of hydrogen-bond acceptors (Lipinski definition) is 5. The number of piperidine rings is 1. The van der Waals surface area contributed by atoms with E-state index in [9.17, 15) is 4.79 Å². The SMILES string of the molecule is O=c1cc(N2CCCC(c3nc4ccccc4o3)C2)nc2ccccn12. The quantitative estimate of drug-likeness (QED) is 0.558. The molecule has 6 nitrogen and oxygen atoms in total. The summed E-state index contributed by atoms with van der Waals surface area (Å²) in [6.07, 6.45) is 3.78. The van der Waals surface area contributed by atoms with E-state index in [1.807, 2.05) is 42.5 Å². The third-order valence-electron chi connectivity index (χ3n) is 4.96. The maximum Gasteiger partial charge on any atom is 0.259 e. The Morgan fingerprint density at radius 2 is 1.96 bits per heavy atom. The summed E-state index contributed by atoms with van der Waals surface area (Å²) in [5.41, 5.74) is 2.32. The van der Waals surface area contributed by atoms with E-state index in [0.29, 0.717) is 5.65 Å². The monoisotopic (exact) mass is 346 g/mol. The van der Waals surface area contributed by atoms with Crippen LogP contribution in [0.25, 0.3) is 16.7 Å². The molecule has 1 aliphatic heterocycles. The van der Waals surface area contributed by atoms with Gasteiger partial charge in [-0.2, -0.15) is 0 Å². The number of para-hydroxylation sites is 2. The Kier molecular flexibility index (Phi) is 3.48.